The standard InChI is InChI=1S/C7H11N5O4S2/c1-18(15,16)3-2-17-7-5(12(13)14)6(11-8)9-4-10-7/h4H,2-3,8H2,1H3,(H,9,10,11). The van der Waals surface area contributed by atoms with Gasteiger partial charge in [-0.2, -0.15) is 0 Å². The van der Waals surface area contributed by atoms with E-state index in [9.17, 15) is 18.5 Å². The van der Waals surface area contributed by atoms with Gasteiger partial charge in [0.2, 0.25) is 5.82 Å². The van der Waals surface area contributed by atoms with Crippen molar-refractivity contribution in [3.05, 3.63) is 16.4 Å². The highest BCUT2D eigenvalue weighted by atomic mass is 32.2. The van der Waals surface area contributed by atoms with Crippen LogP contribution in [0.2, 0.25) is 0 Å². The van der Waals surface area contributed by atoms with E-state index in [-0.39, 0.29) is 28.0 Å². The molecule has 3 N–H and O–H groups in total. The lowest BCUT2D eigenvalue weighted by atomic mass is 10.5. The molecule has 1 aromatic rings. The molecule has 0 saturated carbocycles. The molecule has 0 aliphatic heterocycles. The Morgan fingerprint density at radius 2 is 2.22 bits per heavy atom. The molecule has 11 heteroatoms. The van der Waals surface area contributed by atoms with Crippen LogP contribution in [0, 0.1) is 10.1 Å². The molecule has 0 spiro atoms. The molecule has 18 heavy (non-hydrogen) atoms. The van der Waals surface area contributed by atoms with Gasteiger partial charge in [0.1, 0.15) is 16.2 Å². The van der Waals surface area contributed by atoms with Crippen molar-refractivity contribution >= 4 is 33.1 Å². The third kappa shape index (κ3) is 4.09. The number of nitrogens with one attached hydrogen (secondary N) is 1. The van der Waals surface area contributed by atoms with Crippen LogP contribution in [0.25, 0.3) is 0 Å². The quantitative estimate of drug-likeness (QED) is 0.240. The minimum Gasteiger partial charge on any atom is -0.303 e. The maximum Gasteiger partial charge on any atom is 0.344 e. The van der Waals surface area contributed by atoms with E-state index in [1.807, 2.05) is 0 Å². The molecular formula is C7H11N5O4S2. The van der Waals surface area contributed by atoms with E-state index in [2.05, 4.69) is 15.4 Å². The fourth-order valence-corrected chi connectivity index (χ4v) is 3.20. The first-order chi connectivity index (χ1) is 8.35. The van der Waals surface area contributed by atoms with Crippen molar-refractivity contribution in [2.75, 3.05) is 23.2 Å². The summed E-state index contributed by atoms with van der Waals surface area (Å²) in [4.78, 5) is 17.6. The average molecular weight is 293 g/mol. The average Bonchev–Trinajstić information content (AvgIpc) is 2.26. The van der Waals surface area contributed by atoms with Crippen molar-refractivity contribution in [1.82, 2.24) is 9.97 Å². The number of nitrogens with zero attached hydrogens (tertiary/aromatic N) is 3. The van der Waals surface area contributed by atoms with Gasteiger partial charge in [-0.3, -0.25) is 10.1 Å². The Kier molecular flexibility index (Phi) is 4.81. The highest BCUT2D eigenvalue weighted by molar-refractivity contribution is 8.00. The Morgan fingerprint density at radius 3 is 2.72 bits per heavy atom. The predicted molar refractivity (Wildman–Crippen MR) is 66.9 cm³/mol. The van der Waals surface area contributed by atoms with Gasteiger partial charge in [-0.05, 0) is 0 Å². The normalized spacial score (nSPS) is 11.2. The molecule has 0 unspecified atom stereocenters. The van der Waals surface area contributed by atoms with Crippen molar-refractivity contribution in [3.8, 4) is 0 Å². The predicted octanol–water partition coefficient (Wildman–Crippen LogP) is -0.193. The van der Waals surface area contributed by atoms with Crippen molar-refractivity contribution in [1.29, 1.82) is 0 Å². The number of hydrazine groups is 1. The first-order valence-corrected chi connectivity index (χ1v) is 7.66. The van der Waals surface area contributed by atoms with Gasteiger partial charge in [-0.25, -0.2) is 24.2 Å². The molecule has 0 amide bonds. The number of sulfone groups is 1. The number of thioether (sulfide) groups is 1. The van der Waals surface area contributed by atoms with Gasteiger partial charge in [0.25, 0.3) is 0 Å². The molecule has 0 aliphatic carbocycles. The minimum atomic E-state index is -3.12. The van der Waals surface area contributed by atoms with Gasteiger partial charge >= 0.3 is 5.69 Å². The molecule has 0 radical (unpaired) electrons. The lowest BCUT2D eigenvalue weighted by Crippen LogP contribution is -2.12. The number of anilines is 1. The SMILES string of the molecule is CS(=O)(=O)CCSc1ncnc(NN)c1[N+](=O)[O-]. The molecular weight excluding hydrogens is 282 g/mol. The largest absolute Gasteiger partial charge is 0.344 e. The van der Waals surface area contributed by atoms with Crippen LogP contribution in [0.5, 0.6) is 0 Å². The summed E-state index contributed by atoms with van der Waals surface area (Å²) in [6, 6.07) is 0. The lowest BCUT2D eigenvalue weighted by molar-refractivity contribution is -0.387. The Morgan fingerprint density at radius 1 is 1.56 bits per heavy atom. The van der Waals surface area contributed by atoms with Gasteiger partial charge < -0.3 is 5.43 Å². The van der Waals surface area contributed by atoms with Crippen LogP contribution < -0.4 is 11.3 Å². The Bertz CT molecular complexity index is 547. The third-order valence-electron chi connectivity index (χ3n) is 1.80. The van der Waals surface area contributed by atoms with Crippen LogP contribution in [0.15, 0.2) is 11.4 Å². The van der Waals surface area contributed by atoms with Gasteiger partial charge in [0.15, 0.2) is 5.03 Å². The summed E-state index contributed by atoms with van der Waals surface area (Å²) in [5.41, 5.74) is 1.74. The summed E-state index contributed by atoms with van der Waals surface area (Å²) in [5.74, 6) is 5.07. The smallest absolute Gasteiger partial charge is 0.303 e. The van der Waals surface area contributed by atoms with Crippen molar-refractivity contribution < 1.29 is 13.3 Å². The van der Waals surface area contributed by atoms with E-state index in [0.717, 1.165) is 24.3 Å². The van der Waals surface area contributed by atoms with Crippen LogP contribution in [-0.4, -0.2) is 41.1 Å². The first-order valence-electron chi connectivity index (χ1n) is 4.61. The van der Waals surface area contributed by atoms with E-state index in [4.69, 9.17) is 5.84 Å². The molecule has 1 heterocycles. The molecule has 0 aliphatic rings. The topological polar surface area (TPSA) is 141 Å². The molecule has 0 saturated heterocycles. The van der Waals surface area contributed by atoms with Gasteiger partial charge in [0, 0.05) is 12.0 Å². The van der Waals surface area contributed by atoms with Crippen LogP contribution in [0.1, 0.15) is 0 Å². The van der Waals surface area contributed by atoms with E-state index in [1.165, 1.54) is 0 Å². The van der Waals surface area contributed by atoms with Crippen LogP contribution in [-0.2, 0) is 9.84 Å². The van der Waals surface area contributed by atoms with Crippen LogP contribution >= 0.6 is 11.8 Å². The van der Waals surface area contributed by atoms with Gasteiger partial charge in [-0.1, -0.05) is 11.8 Å². The highest BCUT2D eigenvalue weighted by Crippen LogP contribution is 2.31. The monoisotopic (exact) mass is 293 g/mol. The van der Waals surface area contributed by atoms with E-state index < -0.39 is 14.8 Å². The van der Waals surface area contributed by atoms with Crippen molar-refractivity contribution in [2.45, 2.75) is 5.03 Å². The molecule has 0 atom stereocenters. The maximum absolute atomic E-state index is 11.0. The lowest BCUT2D eigenvalue weighted by Gasteiger charge is -2.04. The number of aromatic nitrogens is 2. The third-order valence-corrected chi connectivity index (χ3v) is 3.99. The number of nitrogens with two attached hydrogens (primary N) is 1. The summed E-state index contributed by atoms with van der Waals surface area (Å²) >= 11 is 0.964. The van der Waals surface area contributed by atoms with Gasteiger partial charge in [0.05, 0.1) is 10.7 Å². The summed E-state index contributed by atoms with van der Waals surface area (Å²) in [6.45, 7) is 0. The molecule has 1 aromatic heterocycles. The van der Waals surface area contributed by atoms with Crippen LogP contribution in [0.4, 0.5) is 11.5 Å². The van der Waals surface area contributed by atoms with E-state index >= 15 is 0 Å². The first kappa shape index (κ1) is 14.6. The number of rotatable bonds is 6. The number of nitrogen functional groups attached to an aromatic ring is 1. The minimum absolute atomic E-state index is 0.0756. The summed E-state index contributed by atoms with van der Waals surface area (Å²) in [6.07, 6.45) is 2.21. The maximum atomic E-state index is 11.0. The highest BCUT2D eigenvalue weighted by Gasteiger charge is 2.22. The number of hydrogen-bond acceptors (Lipinski definition) is 9. The zero-order valence-electron chi connectivity index (χ0n) is 9.36. The Hall–Kier alpha value is -1.46. The number of hydrogen-bond donors (Lipinski definition) is 2. The zero-order chi connectivity index (χ0) is 13.8. The van der Waals surface area contributed by atoms with E-state index in [0.29, 0.717) is 0 Å². The second kappa shape index (κ2) is 5.93. The summed E-state index contributed by atoms with van der Waals surface area (Å²) in [7, 11) is -3.12. The van der Waals surface area contributed by atoms with E-state index in [1.54, 1.807) is 0 Å². The molecule has 0 aromatic carbocycles. The summed E-state index contributed by atoms with van der Waals surface area (Å²) in [5, 5.41) is 10.9. The molecule has 0 bridgehead atoms. The Labute approximate surface area is 107 Å². The van der Waals surface area contributed by atoms with Gasteiger partial charge in [-0.15, -0.1) is 0 Å². The van der Waals surface area contributed by atoms with Crippen molar-refractivity contribution in [3.63, 3.8) is 0 Å². The molecule has 100 valence electrons. The fourth-order valence-electron chi connectivity index (χ4n) is 1.03. The second-order valence-electron chi connectivity index (χ2n) is 3.26. The summed E-state index contributed by atoms with van der Waals surface area (Å²) < 4.78 is 21.9. The molecule has 9 nitrogen and oxygen atoms in total. The fraction of sp³-hybridized carbons (Fsp3) is 0.429. The second-order valence-corrected chi connectivity index (χ2v) is 6.60. The zero-order valence-corrected chi connectivity index (χ0v) is 11.0. The Balaban J connectivity index is 2.92. The molecule has 0 fully saturated rings. The van der Waals surface area contributed by atoms with Crippen LogP contribution in [0.3, 0.4) is 0 Å². The number of nitro groups is 1. The van der Waals surface area contributed by atoms with Crippen molar-refractivity contribution in [2.24, 2.45) is 5.84 Å². The molecule has 1 rings (SSSR count).